The SMILES string of the molecule is Cc1cc(C(=O)C[NH+]2CCC(C(=O)Nc3ccccc3)CC2)c(C)n1Cc1ccccc1. The molecular weight excluding hydrogens is 398 g/mol. The summed E-state index contributed by atoms with van der Waals surface area (Å²) in [5, 5.41) is 3.01. The topological polar surface area (TPSA) is 55.5 Å². The lowest BCUT2D eigenvalue weighted by Gasteiger charge is -2.28. The molecule has 1 aromatic heterocycles. The van der Waals surface area contributed by atoms with Gasteiger partial charge in [0.05, 0.1) is 13.1 Å². The van der Waals surface area contributed by atoms with E-state index in [9.17, 15) is 9.59 Å². The van der Waals surface area contributed by atoms with E-state index in [4.69, 9.17) is 0 Å². The maximum Gasteiger partial charge on any atom is 0.227 e. The van der Waals surface area contributed by atoms with Crippen molar-refractivity contribution in [2.45, 2.75) is 33.2 Å². The smallest absolute Gasteiger partial charge is 0.227 e. The summed E-state index contributed by atoms with van der Waals surface area (Å²) in [4.78, 5) is 26.9. The molecule has 0 saturated carbocycles. The van der Waals surface area contributed by atoms with Gasteiger partial charge in [-0.2, -0.15) is 0 Å². The van der Waals surface area contributed by atoms with Crippen LogP contribution in [0.2, 0.25) is 0 Å². The number of nitrogens with one attached hydrogen (secondary N) is 2. The predicted octanol–water partition coefficient (Wildman–Crippen LogP) is 3.27. The lowest BCUT2D eigenvalue weighted by atomic mass is 9.95. The molecule has 1 saturated heterocycles. The third-order valence-corrected chi connectivity index (χ3v) is 6.57. The summed E-state index contributed by atoms with van der Waals surface area (Å²) in [6.45, 7) is 7.07. The third kappa shape index (κ3) is 5.17. The highest BCUT2D eigenvalue weighted by molar-refractivity contribution is 5.98. The van der Waals surface area contributed by atoms with Gasteiger partial charge in [-0.15, -0.1) is 0 Å². The number of aromatic nitrogens is 1. The second-order valence-electron chi connectivity index (χ2n) is 8.84. The number of likely N-dealkylation sites (tertiary alicyclic amines) is 1. The van der Waals surface area contributed by atoms with Crippen LogP contribution in [0.15, 0.2) is 66.7 Å². The van der Waals surface area contributed by atoms with E-state index in [2.05, 4.69) is 28.9 Å². The maximum absolute atomic E-state index is 13.1. The highest BCUT2D eigenvalue weighted by Gasteiger charge is 2.29. The molecule has 0 atom stereocenters. The van der Waals surface area contributed by atoms with Gasteiger partial charge in [0.15, 0.2) is 0 Å². The van der Waals surface area contributed by atoms with Crippen LogP contribution in [-0.4, -0.2) is 35.9 Å². The average Bonchev–Trinajstić information content (AvgIpc) is 3.09. The molecule has 0 bridgehead atoms. The molecule has 2 heterocycles. The van der Waals surface area contributed by atoms with Crippen LogP contribution < -0.4 is 10.2 Å². The number of benzene rings is 2. The third-order valence-electron chi connectivity index (χ3n) is 6.57. The van der Waals surface area contributed by atoms with E-state index >= 15 is 0 Å². The minimum atomic E-state index is 0.0185. The molecule has 0 aliphatic carbocycles. The van der Waals surface area contributed by atoms with Crippen molar-refractivity contribution < 1.29 is 14.5 Å². The number of hydrogen-bond acceptors (Lipinski definition) is 2. The van der Waals surface area contributed by atoms with Crippen LogP contribution in [0.25, 0.3) is 0 Å². The van der Waals surface area contributed by atoms with Gasteiger partial charge in [0.25, 0.3) is 0 Å². The zero-order valence-corrected chi connectivity index (χ0v) is 18.9. The number of amides is 1. The number of rotatable bonds is 7. The Bertz CT molecular complexity index is 1070. The van der Waals surface area contributed by atoms with Gasteiger partial charge in [0.1, 0.15) is 6.54 Å². The van der Waals surface area contributed by atoms with E-state index in [0.29, 0.717) is 6.54 Å². The minimum Gasteiger partial charge on any atom is -0.344 e. The van der Waals surface area contributed by atoms with Crippen LogP contribution in [0.1, 0.15) is 40.2 Å². The molecule has 1 fully saturated rings. The zero-order valence-electron chi connectivity index (χ0n) is 18.9. The standard InChI is InChI=1S/C27H31N3O2/c1-20-17-25(21(2)30(20)18-22-9-5-3-6-10-22)26(31)19-29-15-13-23(14-16-29)27(32)28-24-11-7-4-8-12-24/h3-12,17,23H,13-16,18-19H2,1-2H3,(H,28,32)/p+1. The van der Waals surface area contributed by atoms with Crippen molar-refractivity contribution in [2.75, 3.05) is 25.0 Å². The summed E-state index contributed by atoms with van der Waals surface area (Å²) in [6, 6.07) is 22.0. The van der Waals surface area contributed by atoms with E-state index in [0.717, 1.165) is 55.1 Å². The summed E-state index contributed by atoms with van der Waals surface area (Å²) in [7, 11) is 0. The number of carbonyl (C=O) groups is 2. The van der Waals surface area contributed by atoms with Crippen molar-refractivity contribution >= 4 is 17.4 Å². The first kappa shape index (κ1) is 22.0. The number of aryl methyl sites for hydroxylation is 1. The molecule has 4 rings (SSSR count). The Morgan fingerprint density at radius 2 is 1.59 bits per heavy atom. The fourth-order valence-electron chi connectivity index (χ4n) is 4.65. The summed E-state index contributed by atoms with van der Waals surface area (Å²) in [5.74, 6) is 0.302. The number of hydrogen-bond donors (Lipinski definition) is 2. The predicted molar refractivity (Wildman–Crippen MR) is 127 cm³/mol. The molecule has 0 unspecified atom stereocenters. The number of ketones is 1. The number of anilines is 1. The molecule has 1 aliphatic rings. The van der Waals surface area contributed by atoms with Crippen LogP contribution in [0.5, 0.6) is 0 Å². The van der Waals surface area contributed by atoms with Crippen molar-refractivity contribution in [1.82, 2.24) is 4.57 Å². The molecular formula is C27H32N3O2+. The van der Waals surface area contributed by atoms with Crippen LogP contribution in [-0.2, 0) is 11.3 Å². The van der Waals surface area contributed by atoms with Crippen LogP contribution in [0.3, 0.4) is 0 Å². The monoisotopic (exact) mass is 430 g/mol. The Kier molecular flexibility index (Phi) is 6.86. The summed E-state index contributed by atoms with van der Waals surface area (Å²) < 4.78 is 2.22. The zero-order chi connectivity index (χ0) is 22.5. The van der Waals surface area contributed by atoms with Gasteiger partial charge in [0.2, 0.25) is 11.7 Å². The summed E-state index contributed by atoms with van der Waals surface area (Å²) >= 11 is 0. The second kappa shape index (κ2) is 9.96. The van der Waals surface area contributed by atoms with Gasteiger partial charge in [-0.05, 0) is 37.6 Å². The number of piperidine rings is 1. The summed E-state index contributed by atoms with van der Waals surface area (Å²) in [6.07, 6.45) is 1.63. The number of carbonyl (C=O) groups excluding carboxylic acids is 2. The first-order chi connectivity index (χ1) is 15.5. The number of Topliss-reactive ketones (excluding diaryl/α,β-unsaturated/α-hetero) is 1. The molecule has 166 valence electrons. The lowest BCUT2D eigenvalue weighted by Crippen LogP contribution is -3.14. The Hall–Kier alpha value is -3.18. The molecule has 0 spiro atoms. The average molecular weight is 431 g/mol. The van der Waals surface area contributed by atoms with Crippen molar-refractivity contribution in [3.05, 3.63) is 89.2 Å². The lowest BCUT2D eigenvalue weighted by molar-refractivity contribution is -0.897. The molecule has 0 radical (unpaired) electrons. The molecule has 1 aliphatic heterocycles. The largest absolute Gasteiger partial charge is 0.344 e. The van der Waals surface area contributed by atoms with Crippen molar-refractivity contribution in [3.8, 4) is 0 Å². The van der Waals surface area contributed by atoms with Gasteiger partial charge >= 0.3 is 0 Å². The van der Waals surface area contributed by atoms with E-state index in [1.54, 1.807) is 0 Å². The Labute approximate surface area is 190 Å². The molecule has 2 N–H and O–H groups in total. The van der Waals surface area contributed by atoms with Crippen LogP contribution >= 0.6 is 0 Å². The summed E-state index contributed by atoms with van der Waals surface area (Å²) in [5.41, 5.74) is 5.05. The molecule has 32 heavy (non-hydrogen) atoms. The first-order valence-corrected chi connectivity index (χ1v) is 11.4. The maximum atomic E-state index is 13.1. The molecule has 5 nitrogen and oxygen atoms in total. The van der Waals surface area contributed by atoms with Crippen molar-refractivity contribution in [2.24, 2.45) is 5.92 Å². The molecule has 3 aromatic rings. The molecule has 5 heteroatoms. The van der Waals surface area contributed by atoms with Crippen LogP contribution in [0.4, 0.5) is 5.69 Å². The van der Waals surface area contributed by atoms with E-state index in [-0.39, 0.29) is 17.6 Å². The fourth-order valence-corrected chi connectivity index (χ4v) is 4.65. The van der Waals surface area contributed by atoms with E-state index < -0.39 is 0 Å². The normalized spacial score (nSPS) is 18.3. The van der Waals surface area contributed by atoms with Gasteiger partial charge < -0.3 is 14.8 Å². The molecule has 2 aromatic carbocycles. The van der Waals surface area contributed by atoms with Gasteiger partial charge in [0, 0.05) is 47.9 Å². The fraction of sp³-hybridized carbons (Fsp3) is 0.333. The second-order valence-corrected chi connectivity index (χ2v) is 8.84. The minimum absolute atomic E-state index is 0.0185. The quantitative estimate of drug-likeness (QED) is 0.566. The molecule has 1 amide bonds. The van der Waals surface area contributed by atoms with Gasteiger partial charge in [-0.1, -0.05) is 48.5 Å². The Morgan fingerprint density at radius 3 is 2.25 bits per heavy atom. The van der Waals surface area contributed by atoms with Crippen molar-refractivity contribution in [1.29, 1.82) is 0 Å². The number of nitrogens with zero attached hydrogens (tertiary/aromatic N) is 1. The number of para-hydroxylation sites is 1. The van der Waals surface area contributed by atoms with Gasteiger partial charge in [-0.3, -0.25) is 9.59 Å². The van der Waals surface area contributed by atoms with E-state index in [1.807, 2.05) is 61.5 Å². The first-order valence-electron chi connectivity index (χ1n) is 11.4. The Balaban J connectivity index is 1.32. The Morgan fingerprint density at radius 1 is 0.969 bits per heavy atom. The van der Waals surface area contributed by atoms with Crippen molar-refractivity contribution in [3.63, 3.8) is 0 Å². The van der Waals surface area contributed by atoms with Crippen LogP contribution in [0, 0.1) is 19.8 Å². The highest BCUT2D eigenvalue weighted by atomic mass is 16.2. The van der Waals surface area contributed by atoms with E-state index in [1.165, 1.54) is 10.5 Å². The van der Waals surface area contributed by atoms with Gasteiger partial charge in [-0.25, -0.2) is 0 Å². The number of quaternary nitrogens is 1. The highest BCUT2D eigenvalue weighted by Crippen LogP contribution is 2.18.